The third-order valence-electron chi connectivity index (χ3n) is 3.59. The predicted molar refractivity (Wildman–Crippen MR) is 87.0 cm³/mol. The van der Waals surface area contributed by atoms with E-state index in [4.69, 9.17) is 5.73 Å². The van der Waals surface area contributed by atoms with Gasteiger partial charge in [0.1, 0.15) is 6.54 Å². The predicted octanol–water partition coefficient (Wildman–Crippen LogP) is 1.08. The Labute approximate surface area is 151 Å². The van der Waals surface area contributed by atoms with Gasteiger partial charge in [-0.1, -0.05) is 6.08 Å². The molecule has 8 nitrogen and oxygen atoms in total. The highest BCUT2D eigenvalue weighted by atomic mass is 19.4. The Morgan fingerprint density at radius 1 is 1.15 bits per heavy atom. The molecule has 1 heterocycles. The number of imide groups is 2. The minimum absolute atomic E-state index is 0.126. The summed E-state index contributed by atoms with van der Waals surface area (Å²) >= 11 is 0. The summed E-state index contributed by atoms with van der Waals surface area (Å²) in [5.41, 5.74) is 4.27. The summed E-state index contributed by atoms with van der Waals surface area (Å²) in [7, 11) is 0. The summed E-state index contributed by atoms with van der Waals surface area (Å²) in [6.45, 7) is 2.11. The van der Waals surface area contributed by atoms with Crippen molar-refractivity contribution in [3.63, 3.8) is 0 Å². The number of alkyl halides is 3. The number of hydrogen-bond acceptors (Lipinski definition) is 5. The highest BCUT2D eigenvalue weighted by Crippen LogP contribution is 2.32. The van der Waals surface area contributed by atoms with Gasteiger partial charge in [0, 0.05) is 18.8 Å². The van der Waals surface area contributed by atoms with Crippen molar-refractivity contribution in [2.75, 3.05) is 18.4 Å². The first-order valence-corrected chi connectivity index (χ1v) is 7.57. The van der Waals surface area contributed by atoms with Crippen LogP contribution in [-0.4, -0.2) is 46.6 Å². The maximum atomic E-state index is 12.9. The van der Waals surface area contributed by atoms with E-state index in [1.54, 1.807) is 0 Å². The fourth-order valence-electron chi connectivity index (χ4n) is 2.37. The highest BCUT2D eigenvalue weighted by molar-refractivity contribution is 6.45. The van der Waals surface area contributed by atoms with E-state index < -0.39 is 42.0 Å². The molecule has 0 radical (unpaired) electrons. The van der Waals surface area contributed by atoms with Gasteiger partial charge in [-0.3, -0.25) is 19.3 Å². The normalized spacial score (nSPS) is 14.7. The van der Waals surface area contributed by atoms with Gasteiger partial charge >= 0.3 is 24.0 Å². The van der Waals surface area contributed by atoms with Gasteiger partial charge in [-0.15, -0.1) is 6.58 Å². The quantitative estimate of drug-likeness (QED) is 0.433. The molecule has 0 aliphatic carbocycles. The second-order valence-electron chi connectivity index (χ2n) is 5.55. The molecule has 144 valence electrons. The van der Waals surface area contributed by atoms with Crippen LogP contribution in [0.4, 0.5) is 23.7 Å². The van der Waals surface area contributed by atoms with Crippen molar-refractivity contribution >= 4 is 29.4 Å². The Kier molecular flexibility index (Phi) is 5.64. The van der Waals surface area contributed by atoms with E-state index in [9.17, 15) is 32.3 Å². The van der Waals surface area contributed by atoms with E-state index in [0.717, 1.165) is 6.07 Å². The number of rotatable bonds is 6. The smallest absolute Gasteiger partial charge is 0.326 e. The molecule has 11 heteroatoms. The molecule has 0 saturated carbocycles. The fourth-order valence-corrected chi connectivity index (χ4v) is 2.37. The van der Waals surface area contributed by atoms with E-state index in [2.05, 4.69) is 11.9 Å². The summed E-state index contributed by atoms with van der Waals surface area (Å²) in [5.74, 6) is -3.27. The van der Waals surface area contributed by atoms with Crippen molar-refractivity contribution < 1.29 is 32.3 Å². The molecule has 0 unspecified atom stereocenters. The van der Waals surface area contributed by atoms with Crippen molar-refractivity contribution in [3.05, 3.63) is 42.0 Å². The van der Waals surface area contributed by atoms with Crippen LogP contribution in [0.5, 0.6) is 0 Å². The Bertz CT molecular complexity index is 822. The lowest BCUT2D eigenvalue weighted by atomic mass is 10.1. The van der Waals surface area contributed by atoms with Crippen molar-refractivity contribution in [1.82, 2.24) is 9.80 Å². The second kappa shape index (κ2) is 7.58. The molecule has 5 amide bonds. The zero-order valence-electron chi connectivity index (χ0n) is 13.9. The number of benzene rings is 1. The van der Waals surface area contributed by atoms with Gasteiger partial charge in [0.05, 0.1) is 5.56 Å². The molecule has 1 aliphatic heterocycles. The van der Waals surface area contributed by atoms with Crippen LogP contribution >= 0.6 is 0 Å². The Morgan fingerprint density at radius 3 is 2.33 bits per heavy atom. The van der Waals surface area contributed by atoms with Crippen LogP contribution in [0.2, 0.25) is 0 Å². The first kappa shape index (κ1) is 20.1. The third kappa shape index (κ3) is 4.31. The Morgan fingerprint density at radius 2 is 1.78 bits per heavy atom. The number of nitrogens with zero attached hydrogens (tertiary/aromatic N) is 2. The van der Waals surface area contributed by atoms with Crippen molar-refractivity contribution in [2.45, 2.75) is 12.7 Å². The lowest BCUT2D eigenvalue weighted by molar-refractivity contribution is -0.143. The number of amides is 5. The van der Waals surface area contributed by atoms with Crippen LogP contribution in [0.3, 0.4) is 0 Å². The van der Waals surface area contributed by atoms with Crippen LogP contribution in [0, 0.1) is 0 Å². The monoisotopic (exact) mass is 384 g/mol. The summed E-state index contributed by atoms with van der Waals surface area (Å²) in [5, 5.41) is 2.17. The van der Waals surface area contributed by atoms with Crippen molar-refractivity contribution in [3.8, 4) is 0 Å². The molecule has 3 N–H and O–H groups in total. The number of carbonyl (C=O) groups excluding carboxylic acids is 4. The minimum Gasteiger partial charge on any atom is -0.326 e. The first-order valence-electron chi connectivity index (χ1n) is 7.57. The molecule has 1 aliphatic rings. The van der Waals surface area contributed by atoms with E-state index in [1.165, 1.54) is 12.1 Å². The van der Waals surface area contributed by atoms with Crippen LogP contribution in [0.25, 0.3) is 0 Å². The Hall–Kier alpha value is -3.21. The summed E-state index contributed by atoms with van der Waals surface area (Å²) < 4.78 is 38.7. The van der Waals surface area contributed by atoms with Gasteiger partial charge in [-0.05, 0) is 23.8 Å². The zero-order chi connectivity index (χ0) is 20.4. The lowest BCUT2D eigenvalue weighted by Crippen LogP contribution is -2.39. The SMILES string of the molecule is C=CCN1C(=O)C(=O)N(CC(=O)Nc2cc(CN)cc(C(F)(F)F)c2)C1=O. The molecule has 0 aromatic heterocycles. The molecule has 1 aromatic rings. The third-order valence-corrected chi connectivity index (χ3v) is 3.59. The minimum atomic E-state index is -4.65. The largest absolute Gasteiger partial charge is 0.416 e. The van der Waals surface area contributed by atoms with Crippen LogP contribution in [-0.2, 0) is 27.1 Å². The van der Waals surface area contributed by atoms with Gasteiger partial charge < -0.3 is 11.1 Å². The molecule has 1 saturated heterocycles. The summed E-state index contributed by atoms with van der Waals surface area (Å²) in [4.78, 5) is 48.6. The molecule has 0 spiro atoms. The number of anilines is 1. The maximum absolute atomic E-state index is 12.9. The molecule has 27 heavy (non-hydrogen) atoms. The van der Waals surface area contributed by atoms with Gasteiger partial charge in [-0.2, -0.15) is 13.2 Å². The van der Waals surface area contributed by atoms with E-state index >= 15 is 0 Å². The molecule has 2 rings (SSSR count). The standard InChI is InChI=1S/C16H15F3N4O4/c1-2-3-22-13(25)14(26)23(15(22)27)8-12(24)21-11-5-9(7-20)4-10(6-11)16(17,18)19/h2,4-6H,1,3,7-8,20H2,(H,21,24). The van der Waals surface area contributed by atoms with E-state index in [0.29, 0.717) is 15.9 Å². The molecule has 0 atom stereocenters. The van der Waals surface area contributed by atoms with Crippen LogP contribution < -0.4 is 11.1 Å². The number of halogens is 3. The first-order chi connectivity index (χ1) is 12.6. The number of urea groups is 1. The fraction of sp³-hybridized carbons (Fsp3) is 0.250. The van der Waals surface area contributed by atoms with E-state index in [1.807, 2.05) is 0 Å². The van der Waals surface area contributed by atoms with Gasteiger partial charge in [0.15, 0.2) is 0 Å². The second-order valence-corrected chi connectivity index (χ2v) is 5.55. The molecular formula is C16H15F3N4O4. The molecule has 1 fully saturated rings. The van der Waals surface area contributed by atoms with E-state index in [-0.39, 0.29) is 24.3 Å². The number of hydrogen-bond donors (Lipinski definition) is 2. The van der Waals surface area contributed by atoms with Crippen LogP contribution in [0.15, 0.2) is 30.9 Å². The number of carbonyl (C=O) groups is 4. The summed E-state index contributed by atoms with van der Waals surface area (Å²) in [6, 6.07) is 1.76. The average molecular weight is 384 g/mol. The van der Waals surface area contributed by atoms with Crippen molar-refractivity contribution in [1.29, 1.82) is 0 Å². The average Bonchev–Trinajstić information content (AvgIpc) is 2.79. The molecular weight excluding hydrogens is 369 g/mol. The number of nitrogens with two attached hydrogens (primary N) is 1. The maximum Gasteiger partial charge on any atom is 0.416 e. The topological polar surface area (TPSA) is 113 Å². The zero-order valence-corrected chi connectivity index (χ0v) is 13.9. The van der Waals surface area contributed by atoms with Crippen molar-refractivity contribution in [2.24, 2.45) is 5.73 Å². The van der Waals surface area contributed by atoms with Gasteiger partial charge in [-0.25, -0.2) is 9.69 Å². The van der Waals surface area contributed by atoms with Crippen LogP contribution in [0.1, 0.15) is 11.1 Å². The summed E-state index contributed by atoms with van der Waals surface area (Å²) in [6.07, 6.45) is -3.42. The lowest BCUT2D eigenvalue weighted by Gasteiger charge is -2.15. The molecule has 1 aromatic carbocycles. The Balaban J connectivity index is 2.16. The molecule has 0 bridgehead atoms. The number of nitrogens with one attached hydrogen (secondary N) is 1. The van der Waals surface area contributed by atoms with Gasteiger partial charge in [0.2, 0.25) is 5.91 Å². The highest BCUT2D eigenvalue weighted by Gasteiger charge is 2.44. The van der Waals surface area contributed by atoms with Gasteiger partial charge in [0.25, 0.3) is 0 Å².